The molecular weight excluding hydrogens is 351 g/mol. The van der Waals surface area contributed by atoms with Crippen LogP contribution in [-0.2, 0) is 6.42 Å². The average molecular weight is 376 g/mol. The van der Waals surface area contributed by atoms with Crippen LogP contribution < -0.4 is 15.8 Å². The predicted molar refractivity (Wildman–Crippen MR) is 117 cm³/mol. The molecule has 0 radical (unpaired) electrons. The van der Waals surface area contributed by atoms with E-state index in [2.05, 4.69) is 59.5 Å². The van der Waals surface area contributed by atoms with Gasteiger partial charge in [-0.1, -0.05) is 18.2 Å². The molecule has 3 N–H and O–H groups in total. The highest BCUT2D eigenvalue weighted by Gasteiger charge is 2.18. The van der Waals surface area contributed by atoms with Crippen LogP contribution in [0.25, 0.3) is 10.6 Å². The third-order valence-corrected chi connectivity index (χ3v) is 6.27. The minimum atomic E-state index is 0.408. The Morgan fingerprint density at radius 3 is 2.74 bits per heavy atom. The molecule has 0 atom stereocenters. The Bertz CT molecular complexity index is 902. The van der Waals surface area contributed by atoms with Gasteiger partial charge in [-0.3, -0.25) is 0 Å². The Balaban J connectivity index is 1.45. The SMILES string of the molecule is Bc1ccc(-c2ccnc(Nc3cccc(CC4CCC(N)CC4)c3)n2)s1. The van der Waals surface area contributed by atoms with Crippen molar-refractivity contribution in [2.24, 2.45) is 11.7 Å². The van der Waals surface area contributed by atoms with Crippen molar-refractivity contribution >= 4 is 35.6 Å². The Labute approximate surface area is 165 Å². The first-order valence-corrected chi connectivity index (χ1v) is 10.5. The van der Waals surface area contributed by atoms with Gasteiger partial charge in [-0.15, -0.1) is 11.3 Å². The van der Waals surface area contributed by atoms with Gasteiger partial charge in [0.2, 0.25) is 5.95 Å². The van der Waals surface area contributed by atoms with Crippen LogP contribution in [0.15, 0.2) is 48.7 Å². The second kappa shape index (κ2) is 8.23. The smallest absolute Gasteiger partial charge is 0.227 e. The predicted octanol–water partition coefficient (Wildman–Crippen LogP) is 3.27. The molecule has 6 heteroatoms. The molecule has 138 valence electrons. The van der Waals surface area contributed by atoms with Crippen molar-refractivity contribution in [2.75, 3.05) is 5.32 Å². The van der Waals surface area contributed by atoms with Crippen LogP contribution in [0, 0.1) is 5.92 Å². The zero-order valence-electron chi connectivity index (χ0n) is 15.7. The van der Waals surface area contributed by atoms with Crippen LogP contribution in [0.2, 0.25) is 0 Å². The standard InChI is InChI=1S/C21H25BN4S/c22-20-9-8-19(27-20)18-10-11-24-21(26-18)25-17-3-1-2-15(13-17)12-14-4-6-16(23)7-5-14/h1-3,8-11,13-14,16H,4-7,12,22-23H2,(H,24,25,26). The summed E-state index contributed by atoms with van der Waals surface area (Å²) in [5, 5.41) is 3.37. The topological polar surface area (TPSA) is 63.8 Å². The van der Waals surface area contributed by atoms with Crippen molar-refractivity contribution in [3.05, 3.63) is 54.2 Å². The van der Waals surface area contributed by atoms with Gasteiger partial charge in [0.05, 0.1) is 10.6 Å². The van der Waals surface area contributed by atoms with Crippen LogP contribution >= 0.6 is 11.3 Å². The van der Waals surface area contributed by atoms with Gasteiger partial charge in [-0.25, -0.2) is 9.97 Å². The van der Waals surface area contributed by atoms with E-state index in [0.29, 0.717) is 12.0 Å². The number of thiophene rings is 1. The van der Waals surface area contributed by atoms with Gasteiger partial charge >= 0.3 is 0 Å². The second-order valence-corrected chi connectivity index (χ2v) is 8.77. The molecule has 0 amide bonds. The Hall–Kier alpha value is -2.18. The molecule has 0 spiro atoms. The molecule has 1 fully saturated rings. The quantitative estimate of drug-likeness (QED) is 0.671. The lowest BCUT2D eigenvalue weighted by Gasteiger charge is -2.26. The maximum Gasteiger partial charge on any atom is 0.227 e. The van der Waals surface area contributed by atoms with E-state index in [1.165, 1.54) is 28.1 Å². The number of nitrogens with zero attached hydrogens (tertiary/aromatic N) is 2. The molecule has 27 heavy (non-hydrogen) atoms. The van der Waals surface area contributed by atoms with Crippen molar-refractivity contribution in [1.82, 2.24) is 9.97 Å². The van der Waals surface area contributed by atoms with E-state index >= 15 is 0 Å². The summed E-state index contributed by atoms with van der Waals surface area (Å²) >= 11 is 1.75. The number of hydrogen-bond acceptors (Lipinski definition) is 5. The third kappa shape index (κ3) is 4.76. The van der Waals surface area contributed by atoms with Gasteiger partial charge in [-0.2, -0.15) is 0 Å². The third-order valence-electron chi connectivity index (χ3n) is 5.25. The van der Waals surface area contributed by atoms with Gasteiger partial charge in [0.1, 0.15) is 0 Å². The Kier molecular flexibility index (Phi) is 5.55. The fourth-order valence-corrected chi connectivity index (χ4v) is 4.60. The number of nitrogens with two attached hydrogens (primary N) is 1. The van der Waals surface area contributed by atoms with E-state index in [0.717, 1.165) is 36.6 Å². The van der Waals surface area contributed by atoms with Gasteiger partial charge in [0, 0.05) is 17.9 Å². The number of nitrogens with one attached hydrogen (secondary N) is 1. The van der Waals surface area contributed by atoms with Crippen LogP contribution in [-0.4, -0.2) is 23.9 Å². The number of rotatable bonds is 5. The van der Waals surface area contributed by atoms with E-state index in [1.54, 1.807) is 11.3 Å². The van der Waals surface area contributed by atoms with Gasteiger partial charge < -0.3 is 11.1 Å². The summed E-state index contributed by atoms with van der Waals surface area (Å²) < 4.78 is 1.29. The highest BCUT2D eigenvalue weighted by molar-refractivity contribution is 7.23. The van der Waals surface area contributed by atoms with Gasteiger partial charge in [0.15, 0.2) is 7.85 Å². The lowest BCUT2D eigenvalue weighted by molar-refractivity contribution is 0.325. The molecule has 3 aromatic rings. The van der Waals surface area contributed by atoms with Crippen LogP contribution in [0.5, 0.6) is 0 Å². The lowest BCUT2D eigenvalue weighted by atomic mass is 9.83. The van der Waals surface area contributed by atoms with E-state index < -0.39 is 0 Å². The Morgan fingerprint density at radius 2 is 1.96 bits per heavy atom. The lowest BCUT2D eigenvalue weighted by Crippen LogP contribution is -2.27. The second-order valence-electron chi connectivity index (χ2n) is 7.49. The first-order valence-electron chi connectivity index (χ1n) is 9.67. The largest absolute Gasteiger partial charge is 0.328 e. The average Bonchev–Trinajstić information content (AvgIpc) is 3.11. The van der Waals surface area contributed by atoms with Crippen molar-refractivity contribution in [3.63, 3.8) is 0 Å². The molecule has 0 saturated heterocycles. The summed E-state index contributed by atoms with van der Waals surface area (Å²) in [5.74, 6) is 1.39. The summed E-state index contributed by atoms with van der Waals surface area (Å²) in [4.78, 5) is 10.2. The maximum atomic E-state index is 6.03. The van der Waals surface area contributed by atoms with Crippen molar-refractivity contribution in [2.45, 2.75) is 38.1 Å². The highest BCUT2D eigenvalue weighted by atomic mass is 32.1. The zero-order chi connectivity index (χ0) is 18.6. The summed E-state index contributed by atoms with van der Waals surface area (Å²) in [6, 6.07) is 15.2. The minimum Gasteiger partial charge on any atom is -0.328 e. The van der Waals surface area contributed by atoms with Crippen molar-refractivity contribution in [3.8, 4) is 10.6 Å². The molecular formula is C21H25BN4S. The molecule has 1 aliphatic rings. The molecule has 0 aliphatic heterocycles. The summed E-state index contributed by atoms with van der Waals surface area (Å²) in [6.45, 7) is 0. The molecule has 0 bridgehead atoms. The molecule has 4 nitrogen and oxygen atoms in total. The highest BCUT2D eigenvalue weighted by Crippen LogP contribution is 2.28. The number of anilines is 2. The summed E-state index contributed by atoms with van der Waals surface area (Å²) in [6.07, 6.45) is 7.73. The van der Waals surface area contributed by atoms with E-state index in [1.807, 2.05) is 12.3 Å². The van der Waals surface area contributed by atoms with Gasteiger partial charge in [0.25, 0.3) is 0 Å². The molecule has 4 rings (SSSR count). The zero-order valence-corrected chi connectivity index (χ0v) is 16.5. The first kappa shape index (κ1) is 18.2. The molecule has 1 aromatic carbocycles. The normalized spacial score (nSPS) is 19.7. The number of aromatic nitrogens is 2. The van der Waals surface area contributed by atoms with E-state index in [4.69, 9.17) is 5.73 Å². The molecule has 2 aromatic heterocycles. The van der Waals surface area contributed by atoms with Crippen molar-refractivity contribution < 1.29 is 0 Å². The fourth-order valence-electron chi connectivity index (χ4n) is 3.76. The molecule has 1 saturated carbocycles. The van der Waals surface area contributed by atoms with Gasteiger partial charge in [-0.05, 0) is 72.6 Å². The minimum absolute atomic E-state index is 0.408. The summed E-state index contributed by atoms with van der Waals surface area (Å²) in [7, 11) is 2.11. The summed E-state index contributed by atoms with van der Waals surface area (Å²) in [5.41, 5.74) is 9.40. The van der Waals surface area contributed by atoms with Crippen LogP contribution in [0.1, 0.15) is 31.2 Å². The molecule has 0 unspecified atom stereocenters. The molecule has 1 aliphatic carbocycles. The maximum absolute atomic E-state index is 6.03. The Morgan fingerprint density at radius 1 is 1.11 bits per heavy atom. The number of benzene rings is 1. The first-order chi connectivity index (χ1) is 13.2. The fraction of sp³-hybridized carbons (Fsp3) is 0.333. The monoisotopic (exact) mass is 376 g/mol. The van der Waals surface area contributed by atoms with Crippen LogP contribution in [0.4, 0.5) is 11.6 Å². The molecule has 2 heterocycles. The van der Waals surface area contributed by atoms with E-state index in [9.17, 15) is 0 Å². The van der Waals surface area contributed by atoms with E-state index in [-0.39, 0.29) is 0 Å². The number of hydrogen-bond donors (Lipinski definition) is 2. The van der Waals surface area contributed by atoms with Crippen LogP contribution in [0.3, 0.4) is 0 Å². The van der Waals surface area contributed by atoms with Crippen molar-refractivity contribution in [1.29, 1.82) is 0 Å².